The Morgan fingerprint density at radius 1 is 0.293 bits per heavy atom. The van der Waals surface area contributed by atoms with E-state index in [1.54, 1.807) is 0 Å². The molecule has 0 spiro atoms. The molecule has 11 rings (SSSR count). The van der Waals surface area contributed by atoms with Gasteiger partial charge in [-0.15, -0.1) is 0 Å². The van der Waals surface area contributed by atoms with Crippen LogP contribution in [0.1, 0.15) is 0 Å². The lowest BCUT2D eigenvalue weighted by atomic mass is 9.96. The van der Waals surface area contributed by atoms with Crippen LogP contribution in [0.5, 0.6) is 0 Å². The number of fused-ring (bicyclic) bond motifs is 5. The highest BCUT2D eigenvalue weighted by molar-refractivity contribution is 6.14. The maximum absolute atomic E-state index is 6.79. The molecule has 0 amide bonds. The molecule has 58 heavy (non-hydrogen) atoms. The minimum absolute atomic E-state index is 0.888. The summed E-state index contributed by atoms with van der Waals surface area (Å²) in [6.07, 6.45) is 0. The van der Waals surface area contributed by atoms with E-state index in [1.807, 2.05) is 0 Å². The third kappa shape index (κ3) is 5.82. The summed E-state index contributed by atoms with van der Waals surface area (Å²) in [5.74, 6) is 0. The predicted octanol–water partition coefficient (Wildman–Crippen LogP) is 16.0. The number of anilines is 3. The Kier molecular flexibility index (Phi) is 8.19. The largest absolute Gasteiger partial charge is 0.455 e. The lowest BCUT2D eigenvalue weighted by molar-refractivity contribution is 0.670. The molecule has 0 N–H and O–H groups in total. The van der Waals surface area contributed by atoms with Crippen molar-refractivity contribution in [1.82, 2.24) is 0 Å². The Hall–Kier alpha value is -7.68. The minimum atomic E-state index is 0.888. The Morgan fingerprint density at radius 3 is 1.57 bits per heavy atom. The van der Waals surface area contributed by atoms with Gasteiger partial charge < -0.3 is 9.32 Å². The molecule has 0 aliphatic rings. The van der Waals surface area contributed by atoms with Crippen molar-refractivity contribution in [2.24, 2.45) is 0 Å². The summed E-state index contributed by atoms with van der Waals surface area (Å²) in [7, 11) is 0. The SMILES string of the molecule is c1ccc(-c2ccccc2N(c2ccc(-c3ccc(-c4cccc5ccccc45)cc3)cc2)c2ccccc2-c2cccc3c2oc2cc4ccccc4cc23)cc1. The normalized spacial score (nSPS) is 11.4. The molecule has 0 unspecified atom stereocenters. The molecule has 0 atom stereocenters. The molecule has 2 heteroatoms. The van der Waals surface area contributed by atoms with Gasteiger partial charge in [-0.25, -0.2) is 0 Å². The number of benzene rings is 10. The van der Waals surface area contributed by atoms with Crippen LogP contribution in [0.15, 0.2) is 229 Å². The molecule has 0 bridgehead atoms. The van der Waals surface area contributed by atoms with Crippen molar-refractivity contribution in [3.05, 3.63) is 224 Å². The van der Waals surface area contributed by atoms with Crippen LogP contribution >= 0.6 is 0 Å². The highest BCUT2D eigenvalue weighted by Crippen LogP contribution is 2.47. The van der Waals surface area contributed by atoms with Crippen LogP contribution in [0.4, 0.5) is 17.1 Å². The number of nitrogens with zero attached hydrogens (tertiary/aromatic N) is 1. The second kappa shape index (κ2) is 14.1. The zero-order chi connectivity index (χ0) is 38.4. The number of furan rings is 1. The standard InChI is InChI=1S/C56H37NO/c1-2-14-41(15-3-1)48-21-8-10-26-53(48)57(45-34-32-39(33-35-45)38-28-30-42(31-29-38)47-23-12-19-40-16-6-7-20-46(40)47)54-27-11-9-22-49(54)50-24-13-25-51-52-36-43-17-4-5-18-44(43)37-55(52)58-56(50)51/h1-37H. The molecule has 0 aliphatic carbocycles. The van der Waals surface area contributed by atoms with Gasteiger partial charge in [-0.1, -0.05) is 188 Å². The number of rotatable bonds is 7. The van der Waals surface area contributed by atoms with Crippen molar-refractivity contribution >= 4 is 60.5 Å². The van der Waals surface area contributed by atoms with Gasteiger partial charge in [-0.3, -0.25) is 0 Å². The molecular formula is C56H37NO. The van der Waals surface area contributed by atoms with Crippen LogP contribution in [0.2, 0.25) is 0 Å². The Morgan fingerprint density at radius 2 is 0.793 bits per heavy atom. The van der Waals surface area contributed by atoms with Crippen molar-refractivity contribution in [2.45, 2.75) is 0 Å². The van der Waals surface area contributed by atoms with E-state index in [0.717, 1.165) is 66.8 Å². The molecule has 2 nitrogen and oxygen atoms in total. The molecule has 1 aromatic heterocycles. The monoisotopic (exact) mass is 739 g/mol. The quantitative estimate of drug-likeness (QED) is 0.162. The molecule has 11 aromatic rings. The number of para-hydroxylation sites is 3. The molecule has 0 aliphatic heterocycles. The highest BCUT2D eigenvalue weighted by atomic mass is 16.3. The summed E-state index contributed by atoms with van der Waals surface area (Å²) in [6, 6.07) is 80.6. The third-order valence-electron chi connectivity index (χ3n) is 11.5. The van der Waals surface area contributed by atoms with E-state index in [4.69, 9.17) is 4.42 Å². The van der Waals surface area contributed by atoms with Crippen LogP contribution in [0.25, 0.3) is 88.0 Å². The second-order valence-electron chi connectivity index (χ2n) is 14.9. The van der Waals surface area contributed by atoms with Gasteiger partial charge in [-0.05, 0) is 85.8 Å². The van der Waals surface area contributed by atoms with Gasteiger partial charge in [-0.2, -0.15) is 0 Å². The van der Waals surface area contributed by atoms with Crippen molar-refractivity contribution < 1.29 is 4.42 Å². The van der Waals surface area contributed by atoms with Crippen LogP contribution in [0, 0.1) is 0 Å². The van der Waals surface area contributed by atoms with Gasteiger partial charge in [0, 0.05) is 33.2 Å². The van der Waals surface area contributed by atoms with Crippen LogP contribution < -0.4 is 4.90 Å². The summed E-state index contributed by atoms with van der Waals surface area (Å²) in [4.78, 5) is 2.40. The summed E-state index contributed by atoms with van der Waals surface area (Å²) >= 11 is 0. The fraction of sp³-hybridized carbons (Fsp3) is 0. The summed E-state index contributed by atoms with van der Waals surface area (Å²) in [6.45, 7) is 0. The average molecular weight is 740 g/mol. The first-order chi connectivity index (χ1) is 28.8. The van der Waals surface area contributed by atoms with E-state index in [1.165, 1.54) is 38.2 Å². The Bertz CT molecular complexity index is 3260. The van der Waals surface area contributed by atoms with Crippen LogP contribution in [-0.2, 0) is 0 Å². The maximum Gasteiger partial charge on any atom is 0.143 e. The van der Waals surface area contributed by atoms with E-state index in [2.05, 4.69) is 229 Å². The van der Waals surface area contributed by atoms with E-state index in [9.17, 15) is 0 Å². The van der Waals surface area contributed by atoms with Crippen molar-refractivity contribution in [1.29, 1.82) is 0 Å². The number of hydrogen-bond donors (Lipinski definition) is 0. The molecule has 0 saturated carbocycles. The summed E-state index contributed by atoms with van der Waals surface area (Å²) < 4.78 is 6.79. The predicted molar refractivity (Wildman–Crippen MR) is 245 cm³/mol. The molecule has 0 fully saturated rings. The molecule has 272 valence electrons. The maximum atomic E-state index is 6.79. The van der Waals surface area contributed by atoms with Crippen molar-refractivity contribution in [3.63, 3.8) is 0 Å². The van der Waals surface area contributed by atoms with Crippen LogP contribution in [0.3, 0.4) is 0 Å². The Labute approximate surface area is 337 Å². The van der Waals surface area contributed by atoms with Gasteiger partial charge in [0.25, 0.3) is 0 Å². The van der Waals surface area contributed by atoms with Gasteiger partial charge in [0.05, 0.1) is 11.4 Å². The minimum Gasteiger partial charge on any atom is -0.455 e. The molecule has 0 saturated heterocycles. The van der Waals surface area contributed by atoms with E-state index >= 15 is 0 Å². The lowest BCUT2D eigenvalue weighted by Gasteiger charge is -2.30. The van der Waals surface area contributed by atoms with Gasteiger partial charge in [0.2, 0.25) is 0 Å². The average Bonchev–Trinajstić information content (AvgIpc) is 3.67. The molecular weight excluding hydrogens is 703 g/mol. The number of hydrogen-bond acceptors (Lipinski definition) is 2. The zero-order valence-corrected chi connectivity index (χ0v) is 31.7. The van der Waals surface area contributed by atoms with Crippen molar-refractivity contribution in [2.75, 3.05) is 4.90 Å². The van der Waals surface area contributed by atoms with Crippen molar-refractivity contribution in [3.8, 4) is 44.5 Å². The van der Waals surface area contributed by atoms with Gasteiger partial charge in [0.1, 0.15) is 11.2 Å². The third-order valence-corrected chi connectivity index (χ3v) is 11.5. The molecule has 0 radical (unpaired) electrons. The first-order valence-electron chi connectivity index (χ1n) is 19.8. The summed E-state index contributed by atoms with van der Waals surface area (Å²) in [5.41, 5.74) is 14.3. The second-order valence-corrected chi connectivity index (χ2v) is 14.9. The van der Waals surface area contributed by atoms with E-state index < -0.39 is 0 Å². The summed E-state index contributed by atoms with van der Waals surface area (Å²) in [5, 5.41) is 7.13. The van der Waals surface area contributed by atoms with Gasteiger partial charge in [0.15, 0.2) is 0 Å². The smallest absolute Gasteiger partial charge is 0.143 e. The first kappa shape index (κ1) is 33.6. The molecule has 1 heterocycles. The fourth-order valence-electron chi connectivity index (χ4n) is 8.65. The Balaban J connectivity index is 1.05. The first-order valence-corrected chi connectivity index (χ1v) is 19.8. The van der Waals surface area contributed by atoms with Gasteiger partial charge >= 0.3 is 0 Å². The van der Waals surface area contributed by atoms with Crippen LogP contribution in [-0.4, -0.2) is 0 Å². The van der Waals surface area contributed by atoms with E-state index in [0.29, 0.717) is 0 Å². The zero-order valence-electron chi connectivity index (χ0n) is 31.7. The van der Waals surface area contributed by atoms with E-state index in [-0.39, 0.29) is 0 Å². The lowest BCUT2D eigenvalue weighted by Crippen LogP contribution is -2.12. The fourth-order valence-corrected chi connectivity index (χ4v) is 8.65. The topological polar surface area (TPSA) is 16.4 Å². The highest BCUT2D eigenvalue weighted by Gasteiger charge is 2.22. The molecule has 10 aromatic carbocycles.